The summed E-state index contributed by atoms with van der Waals surface area (Å²) in [5, 5.41) is 1.15. The predicted octanol–water partition coefficient (Wildman–Crippen LogP) is 4.77. The summed E-state index contributed by atoms with van der Waals surface area (Å²) in [5.41, 5.74) is 5.80. The molecule has 108 valence electrons. The molecule has 0 atom stereocenters. The summed E-state index contributed by atoms with van der Waals surface area (Å²) < 4.78 is 0. The van der Waals surface area contributed by atoms with Gasteiger partial charge >= 0.3 is 0 Å². The Kier molecular flexibility index (Phi) is 3.65. The van der Waals surface area contributed by atoms with Gasteiger partial charge in [-0.3, -0.25) is 9.98 Å². The van der Waals surface area contributed by atoms with Crippen LogP contribution in [-0.4, -0.2) is 17.0 Å². The average molecular weight is 304 g/mol. The van der Waals surface area contributed by atoms with E-state index in [-0.39, 0.29) is 0 Å². The van der Waals surface area contributed by atoms with Crippen molar-refractivity contribution in [1.82, 2.24) is 4.98 Å². The molecular formula is C19H16N2S. The number of rotatable bonds is 2. The summed E-state index contributed by atoms with van der Waals surface area (Å²) in [6.07, 6.45) is 3.00. The second-order valence-corrected chi connectivity index (χ2v) is 6.48. The van der Waals surface area contributed by atoms with E-state index in [1.807, 2.05) is 42.2 Å². The van der Waals surface area contributed by atoms with Gasteiger partial charge in [0.1, 0.15) is 0 Å². The number of para-hydroxylation sites is 1. The van der Waals surface area contributed by atoms with Gasteiger partial charge in [-0.25, -0.2) is 0 Å². The monoisotopic (exact) mass is 304 g/mol. The fourth-order valence-electron chi connectivity index (χ4n) is 2.81. The van der Waals surface area contributed by atoms with Crippen LogP contribution >= 0.6 is 11.8 Å². The summed E-state index contributed by atoms with van der Waals surface area (Å²) in [5.74, 6) is 2.16. The van der Waals surface area contributed by atoms with Crippen LogP contribution < -0.4 is 0 Å². The van der Waals surface area contributed by atoms with E-state index in [0.29, 0.717) is 0 Å². The Morgan fingerprint density at radius 2 is 1.82 bits per heavy atom. The van der Waals surface area contributed by atoms with Crippen molar-refractivity contribution in [3.8, 4) is 0 Å². The molecule has 0 amide bonds. The number of aryl methyl sites for hydroxylation is 1. The van der Waals surface area contributed by atoms with E-state index in [1.54, 1.807) is 0 Å². The van der Waals surface area contributed by atoms with Crippen molar-refractivity contribution in [2.75, 3.05) is 5.75 Å². The lowest BCUT2D eigenvalue weighted by Crippen LogP contribution is -2.06. The quantitative estimate of drug-likeness (QED) is 0.637. The van der Waals surface area contributed by atoms with E-state index in [2.05, 4.69) is 30.3 Å². The van der Waals surface area contributed by atoms with Crippen LogP contribution in [-0.2, 0) is 12.2 Å². The topological polar surface area (TPSA) is 25.2 Å². The smallest absolute Gasteiger partial charge is 0.0782 e. The van der Waals surface area contributed by atoms with Gasteiger partial charge in [0.05, 0.1) is 11.2 Å². The maximum Gasteiger partial charge on any atom is 0.0782 e. The van der Waals surface area contributed by atoms with Crippen molar-refractivity contribution in [1.29, 1.82) is 0 Å². The SMILES string of the molecule is C(=N\c1c2c(nc3ccccc13)CCSC2)/c1ccccc1. The molecule has 0 radical (unpaired) electrons. The first-order valence-electron chi connectivity index (χ1n) is 7.49. The van der Waals surface area contributed by atoms with E-state index in [1.165, 1.54) is 11.3 Å². The minimum absolute atomic E-state index is 1.01. The van der Waals surface area contributed by atoms with E-state index in [4.69, 9.17) is 9.98 Å². The highest BCUT2D eigenvalue weighted by Gasteiger charge is 2.17. The lowest BCUT2D eigenvalue weighted by molar-refractivity contribution is 1.01. The largest absolute Gasteiger partial charge is 0.255 e. The second kappa shape index (κ2) is 5.93. The number of hydrogen-bond donors (Lipinski definition) is 0. The van der Waals surface area contributed by atoms with Crippen LogP contribution in [0.25, 0.3) is 10.9 Å². The van der Waals surface area contributed by atoms with Crippen molar-refractivity contribution in [2.45, 2.75) is 12.2 Å². The highest BCUT2D eigenvalue weighted by molar-refractivity contribution is 7.98. The summed E-state index contributed by atoms with van der Waals surface area (Å²) in [7, 11) is 0. The fraction of sp³-hybridized carbons (Fsp3) is 0.158. The number of hydrogen-bond acceptors (Lipinski definition) is 3. The Balaban J connectivity index is 1.89. The normalized spacial score (nSPS) is 14.4. The number of benzene rings is 2. The predicted molar refractivity (Wildman–Crippen MR) is 95.3 cm³/mol. The summed E-state index contributed by atoms with van der Waals surface area (Å²) in [4.78, 5) is 9.68. The molecule has 0 saturated carbocycles. The zero-order valence-electron chi connectivity index (χ0n) is 12.2. The molecule has 2 heterocycles. The van der Waals surface area contributed by atoms with Crippen LogP contribution in [0.15, 0.2) is 59.6 Å². The highest BCUT2D eigenvalue weighted by Crippen LogP contribution is 2.36. The molecule has 0 aliphatic carbocycles. The zero-order valence-corrected chi connectivity index (χ0v) is 13.0. The summed E-state index contributed by atoms with van der Waals surface area (Å²) >= 11 is 1.97. The first kappa shape index (κ1) is 13.5. The van der Waals surface area contributed by atoms with Gasteiger partial charge in [-0.1, -0.05) is 48.5 Å². The van der Waals surface area contributed by atoms with E-state index in [9.17, 15) is 0 Å². The molecule has 1 aliphatic rings. The number of aromatic nitrogens is 1. The maximum atomic E-state index is 4.84. The minimum atomic E-state index is 1.01. The molecule has 0 bridgehead atoms. The number of aliphatic imine (C=N–C) groups is 1. The van der Waals surface area contributed by atoms with Crippen molar-refractivity contribution in [2.24, 2.45) is 4.99 Å². The molecule has 0 fully saturated rings. The van der Waals surface area contributed by atoms with Gasteiger partial charge in [0, 0.05) is 28.6 Å². The van der Waals surface area contributed by atoms with Crippen molar-refractivity contribution >= 4 is 34.6 Å². The Bertz CT molecular complexity index is 841. The molecule has 1 aromatic heterocycles. The summed E-state index contributed by atoms with van der Waals surface area (Å²) in [6, 6.07) is 18.6. The highest BCUT2D eigenvalue weighted by atomic mass is 32.2. The van der Waals surface area contributed by atoms with Crippen molar-refractivity contribution in [3.05, 3.63) is 71.4 Å². The number of nitrogens with zero attached hydrogens (tertiary/aromatic N) is 2. The number of fused-ring (bicyclic) bond motifs is 2. The standard InChI is InChI=1S/C19H16N2S/c1-2-6-14(7-3-1)12-20-19-15-8-4-5-9-17(15)21-18-10-11-22-13-16(18)19/h1-9,12H,10-11,13H2/b20-12+. The van der Waals surface area contributed by atoms with Gasteiger partial charge in [0.2, 0.25) is 0 Å². The van der Waals surface area contributed by atoms with Gasteiger partial charge in [-0.2, -0.15) is 11.8 Å². The number of thioether (sulfide) groups is 1. The van der Waals surface area contributed by atoms with Crippen LogP contribution in [0.5, 0.6) is 0 Å². The van der Waals surface area contributed by atoms with Gasteiger partial charge in [0.15, 0.2) is 0 Å². The Morgan fingerprint density at radius 1 is 1.00 bits per heavy atom. The molecule has 3 aromatic rings. The molecule has 0 saturated heterocycles. The third-order valence-electron chi connectivity index (χ3n) is 3.92. The van der Waals surface area contributed by atoms with Gasteiger partial charge in [-0.15, -0.1) is 0 Å². The third kappa shape index (κ3) is 2.53. The molecular weight excluding hydrogens is 288 g/mol. The van der Waals surface area contributed by atoms with Gasteiger partial charge in [-0.05, 0) is 23.8 Å². The maximum absolute atomic E-state index is 4.84. The van der Waals surface area contributed by atoms with Crippen LogP contribution in [0.4, 0.5) is 5.69 Å². The minimum Gasteiger partial charge on any atom is -0.255 e. The molecule has 4 rings (SSSR count). The Hall–Kier alpha value is -2.13. The summed E-state index contributed by atoms with van der Waals surface area (Å²) in [6.45, 7) is 0. The molecule has 0 N–H and O–H groups in total. The van der Waals surface area contributed by atoms with E-state index < -0.39 is 0 Å². The van der Waals surface area contributed by atoms with Crippen molar-refractivity contribution < 1.29 is 0 Å². The van der Waals surface area contributed by atoms with Gasteiger partial charge < -0.3 is 0 Å². The molecule has 1 aliphatic heterocycles. The average Bonchev–Trinajstić information content (AvgIpc) is 2.59. The Morgan fingerprint density at radius 3 is 2.73 bits per heavy atom. The van der Waals surface area contributed by atoms with Crippen LogP contribution in [0, 0.1) is 0 Å². The first-order valence-corrected chi connectivity index (χ1v) is 8.64. The molecule has 2 aromatic carbocycles. The fourth-order valence-corrected chi connectivity index (χ4v) is 3.80. The molecule has 0 spiro atoms. The first-order chi connectivity index (χ1) is 10.9. The lowest BCUT2D eigenvalue weighted by Gasteiger charge is -2.18. The third-order valence-corrected chi connectivity index (χ3v) is 4.91. The Labute approximate surface area is 134 Å². The van der Waals surface area contributed by atoms with Gasteiger partial charge in [0.25, 0.3) is 0 Å². The van der Waals surface area contributed by atoms with E-state index in [0.717, 1.165) is 40.1 Å². The molecule has 22 heavy (non-hydrogen) atoms. The lowest BCUT2D eigenvalue weighted by atomic mass is 10.1. The zero-order chi connectivity index (χ0) is 14.8. The molecule has 3 heteroatoms. The van der Waals surface area contributed by atoms with Crippen LogP contribution in [0.1, 0.15) is 16.8 Å². The van der Waals surface area contributed by atoms with E-state index >= 15 is 0 Å². The second-order valence-electron chi connectivity index (χ2n) is 5.37. The van der Waals surface area contributed by atoms with Crippen LogP contribution in [0.3, 0.4) is 0 Å². The van der Waals surface area contributed by atoms with Crippen LogP contribution in [0.2, 0.25) is 0 Å². The number of pyridine rings is 1. The molecule has 2 nitrogen and oxygen atoms in total. The molecule has 0 unspecified atom stereocenters. The van der Waals surface area contributed by atoms with Crippen molar-refractivity contribution in [3.63, 3.8) is 0 Å².